The predicted molar refractivity (Wildman–Crippen MR) is 53.3 cm³/mol. The Hall–Kier alpha value is -1.75. The third-order valence-corrected chi connectivity index (χ3v) is 2.19. The summed E-state index contributed by atoms with van der Waals surface area (Å²) in [6.45, 7) is 0.440. The molecule has 0 aliphatic carbocycles. The summed E-state index contributed by atoms with van der Waals surface area (Å²) in [6.07, 6.45) is -0.101. The number of fused-ring (bicyclic) bond motifs is 1. The molecule has 5 heteroatoms. The van der Waals surface area contributed by atoms with E-state index in [0.29, 0.717) is 24.5 Å². The second-order valence-electron chi connectivity index (χ2n) is 3.20. The van der Waals surface area contributed by atoms with Crippen LogP contribution in [0.3, 0.4) is 0 Å². The Kier molecular flexibility index (Phi) is 2.73. The van der Waals surface area contributed by atoms with Crippen molar-refractivity contribution in [3.63, 3.8) is 0 Å². The summed E-state index contributed by atoms with van der Waals surface area (Å²) in [5.74, 6) is 5.95. The molecule has 1 heterocycles. The first-order valence-corrected chi connectivity index (χ1v) is 4.70. The van der Waals surface area contributed by atoms with Crippen LogP contribution in [0.2, 0.25) is 0 Å². The fourth-order valence-corrected chi connectivity index (χ4v) is 1.43. The molecule has 5 nitrogen and oxygen atoms in total. The number of ether oxygens (including phenoxy) is 2. The zero-order chi connectivity index (χ0) is 10.7. The molecule has 1 amide bonds. The monoisotopic (exact) mass is 208 g/mol. The summed E-state index contributed by atoms with van der Waals surface area (Å²) in [4.78, 5) is 11.3. The van der Waals surface area contributed by atoms with E-state index in [1.807, 2.05) is 12.1 Å². The largest absolute Gasteiger partial charge is 0.490 e. The maximum atomic E-state index is 11.3. The van der Waals surface area contributed by atoms with Gasteiger partial charge in [0.2, 0.25) is 0 Å². The lowest BCUT2D eigenvalue weighted by atomic mass is 10.2. The number of carbonyl (C=O) groups is 1. The highest BCUT2D eigenvalue weighted by atomic mass is 16.5. The van der Waals surface area contributed by atoms with Crippen LogP contribution in [0.25, 0.3) is 0 Å². The van der Waals surface area contributed by atoms with E-state index in [-0.39, 0.29) is 5.91 Å². The minimum absolute atomic E-state index is 0.338. The van der Waals surface area contributed by atoms with Gasteiger partial charge in [0.25, 0.3) is 5.91 Å². The van der Waals surface area contributed by atoms with Crippen LogP contribution in [0.15, 0.2) is 24.3 Å². The van der Waals surface area contributed by atoms with E-state index in [2.05, 4.69) is 5.43 Å². The number of hydrogen-bond donors (Lipinski definition) is 2. The van der Waals surface area contributed by atoms with Crippen molar-refractivity contribution < 1.29 is 14.3 Å². The summed E-state index contributed by atoms with van der Waals surface area (Å²) in [5.41, 5.74) is 2.07. The number of benzene rings is 1. The van der Waals surface area contributed by atoms with Gasteiger partial charge < -0.3 is 9.47 Å². The van der Waals surface area contributed by atoms with E-state index >= 15 is 0 Å². The normalized spacial score (nSPS) is 19.1. The van der Waals surface area contributed by atoms with Crippen LogP contribution in [-0.4, -0.2) is 18.6 Å². The summed E-state index contributed by atoms with van der Waals surface area (Å²) >= 11 is 0. The zero-order valence-corrected chi connectivity index (χ0v) is 8.10. The lowest BCUT2D eigenvalue weighted by Crippen LogP contribution is -2.42. The second-order valence-corrected chi connectivity index (χ2v) is 3.20. The van der Waals surface area contributed by atoms with Gasteiger partial charge in [-0.15, -0.1) is 0 Å². The van der Waals surface area contributed by atoms with E-state index < -0.39 is 6.10 Å². The average Bonchev–Trinajstić information content (AvgIpc) is 2.49. The molecule has 1 aromatic rings. The fourth-order valence-electron chi connectivity index (χ4n) is 1.43. The zero-order valence-electron chi connectivity index (χ0n) is 8.10. The first kappa shape index (κ1) is 9.79. The van der Waals surface area contributed by atoms with E-state index in [4.69, 9.17) is 15.3 Å². The average molecular weight is 208 g/mol. The first-order valence-electron chi connectivity index (χ1n) is 4.70. The number of para-hydroxylation sites is 2. The molecular formula is C10H12N2O3. The Balaban J connectivity index is 2.21. The number of carbonyl (C=O) groups excluding carboxylic acids is 1. The van der Waals surface area contributed by atoms with Crippen LogP contribution in [0.4, 0.5) is 0 Å². The summed E-state index contributed by atoms with van der Waals surface area (Å²) in [6, 6.07) is 7.24. The molecule has 0 radical (unpaired) electrons. The molecule has 1 atom stereocenters. The lowest BCUT2D eigenvalue weighted by Gasteiger charge is -2.13. The van der Waals surface area contributed by atoms with Gasteiger partial charge in [0, 0.05) is 6.42 Å². The minimum atomic E-state index is -0.585. The molecule has 0 saturated heterocycles. The van der Waals surface area contributed by atoms with Crippen molar-refractivity contribution in [2.75, 3.05) is 6.61 Å². The molecule has 1 aliphatic heterocycles. The van der Waals surface area contributed by atoms with Gasteiger partial charge in [0.15, 0.2) is 17.6 Å². The summed E-state index contributed by atoms with van der Waals surface area (Å²) in [5, 5.41) is 0. The third kappa shape index (κ3) is 2.02. The maximum absolute atomic E-state index is 11.3. The molecule has 80 valence electrons. The third-order valence-electron chi connectivity index (χ3n) is 2.19. The molecule has 2 rings (SSSR count). The molecule has 0 spiro atoms. The van der Waals surface area contributed by atoms with Crippen LogP contribution >= 0.6 is 0 Å². The molecule has 0 aromatic heterocycles. The van der Waals surface area contributed by atoms with Gasteiger partial charge >= 0.3 is 0 Å². The number of nitrogens with one attached hydrogen (secondary N) is 1. The lowest BCUT2D eigenvalue weighted by molar-refractivity contribution is -0.128. The van der Waals surface area contributed by atoms with E-state index in [9.17, 15) is 4.79 Å². The quantitative estimate of drug-likeness (QED) is 0.393. The number of amides is 1. The summed E-state index contributed by atoms with van der Waals surface area (Å²) < 4.78 is 10.9. The van der Waals surface area contributed by atoms with Crippen molar-refractivity contribution in [2.45, 2.75) is 12.5 Å². The van der Waals surface area contributed by atoms with Crippen molar-refractivity contribution in [1.29, 1.82) is 0 Å². The minimum Gasteiger partial charge on any atom is -0.490 e. The van der Waals surface area contributed by atoms with E-state index in [1.165, 1.54) is 0 Å². The summed E-state index contributed by atoms with van der Waals surface area (Å²) in [7, 11) is 0. The highest BCUT2D eigenvalue weighted by Gasteiger charge is 2.23. The topological polar surface area (TPSA) is 73.6 Å². The van der Waals surface area contributed by atoms with Crippen molar-refractivity contribution in [3.05, 3.63) is 24.3 Å². The van der Waals surface area contributed by atoms with Gasteiger partial charge in [-0.1, -0.05) is 12.1 Å². The van der Waals surface area contributed by atoms with E-state index in [0.717, 1.165) is 0 Å². The number of rotatable bonds is 1. The molecule has 1 unspecified atom stereocenters. The molecule has 3 N–H and O–H groups in total. The Labute approximate surface area is 87.1 Å². The molecular weight excluding hydrogens is 196 g/mol. The number of hydrogen-bond acceptors (Lipinski definition) is 4. The van der Waals surface area contributed by atoms with Gasteiger partial charge in [0.05, 0.1) is 6.61 Å². The molecule has 0 bridgehead atoms. The highest BCUT2D eigenvalue weighted by molar-refractivity contribution is 5.80. The Morgan fingerprint density at radius 3 is 2.87 bits per heavy atom. The van der Waals surface area contributed by atoms with Gasteiger partial charge in [-0.3, -0.25) is 10.2 Å². The molecule has 1 aromatic carbocycles. The predicted octanol–water partition coefficient (Wildman–Crippen LogP) is 0.206. The van der Waals surface area contributed by atoms with Crippen LogP contribution in [0.5, 0.6) is 11.5 Å². The number of hydrazine groups is 1. The number of nitrogens with two attached hydrogens (primary N) is 1. The Morgan fingerprint density at radius 2 is 2.13 bits per heavy atom. The Morgan fingerprint density at radius 1 is 1.40 bits per heavy atom. The second kappa shape index (κ2) is 4.18. The van der Waals surface area contributed by atoms with Crippen molar-refractivity contribution in [2.24, 2.45) is 5.84 Å². The van der Waals surface area contributed by atoms with E-state index in [1.54, 1.807) is 12.1 Å². The molecule has 15 heavy (non-hydrogen) atoms. The highest BCUT2D eigenvalue weighted by Crippen LogP contribution is 2.30. The van der Waals surface area contributed by atoms with Crippen molar-refractivity contribution >= 4 is 5.91 Å². The van der Waals surface area contributed by atoms with Crippen LogP contribution in [-0.2, 0) is 4.79 Å². The van der Waals surface area contributed by atoms with Gasteiger partial charge in [0.1, 0.15) is 0 Å². The smallest absolute Gasteiger partial charge is 0.275 e. The van der Waals surface area contributed by atoms with Gasteiger partial charge in [-0.25, -0.2) is 5.84 Å². The van der Waals surface area contributed by atoms with Crippen LogP contribution < -0.4 is 20.7 Å². The van der Waals surface area contributed by atoms with Gasteiger partial charge in [-0.05, 0) is 12.1 Å². The van der Waals surface area contributed by atoms with Crippen LogP contribution in [0, 0.1) is 0 Å². The maximum Gasteiger partial charge on any atom is 0.275 e. The molecule has 0 fully saturated rings. The van der Waals surface area contributed by atoms with Crippen LogP contribution in [0.1, 0.15) is 6.42 Å². The Bertz CT molecular complexity index is 367. The SMILES string of the molecule is NNC(=O)C1CCOc2ccccc2O1. The standard InChI is InChI=1S/C10H12N2O3/c11-12-10(13)9-5-6-14-7-3-1-2-4-8(7)15-9/h1-4,9H,5-6,11H2,(H,12,13). The molecule has 1 aliphatic rings. The van der Waals surface area contributed by atoms with Crippen molar-refractivity contribution in [3.8, 4) is 11.5 Å². The molecule has 0 saturated carbocycles. The van der Waals surface area contributed by atoms with Crippen molar-refractivity contribution in [1.82, 2.24) is 5.43 Å². The fraction of sp³-hybridized carbons (Fsp3) is 0.300. The van der Waals surface area contributed by atoms with Gasteiger partial charge in [-0.2, -0.15) is 0 Å². The first-order chi connectivity index (χ1) is 7.31.